The summed E-state index contributed by atoms with van der Waals surface area (Å²) in [4.78, 5) is 3.71. The number of halogens is 1. The molecule has 0 aliphatic rings. The molecule has 0 unspecified atom stereocenters. The summed E-state index contributed by atoms with van der Waals surface area (Å²) >= 11 is 2.35. The summed E-state index contributed by atoms with van der Waals surface area (Å²) < 4.78 is 1.27. The van der Waals surface area contributed by atoms with Crippen molar-refractivity contribution < 1.29 is 0 Å². The zero-order valence-corrected chi connectivity index (χ0v) is 15.7. The molecule has 0 fully saturated rings. The number of benzene rings is 2. The Morgan fingerprint density at radius 3 is 2.52 bits per heavy atom. The molecular formula is C20H23IN2. The number of para-hydroxylation sites is 1. The van der Waals surface area contributed by atoms with E-state index in [4.69, 9.17) is 5.73 Å². The van der Waals surface area contributed by atoms with Crippen molar-refractivity contribution in [3.05, 3.63) is 57.2 Å². The number of nitrogens with one attached hydrogen (secondary N) is 1. The Bertz CT molecular complexity index is 787. The van der Waals surface area contributed by atoms with Crippen LogP contribution < -0.4 is 5.73 Å². The predicted octanol–water partition coefficient (Wildman–Crippen LogP) is 5.28. The fourth-order valence-corrected chi connectivity index (χ4v) is 3.56. The van der Waals surface area contributed by atoms with E-state index in [0.717, 1.165) is 32.2 Å². The molecule has 0 aliphatic carbocycles. The molecule has 3 aromatic rings. The van der Waals surface area contributed by atoms with E-state index in [2.05, 4.69) is 77.0 Å². The van der Waals surface area contributed by atoms with Gasteiger partial charge in [0.1, 0.15) is 0 Å². The molecular weight excluding hydrogens is 395 g/mol. The number of nitrogens with two attached hydrogens (primary N) is 1. The Kier molecular flexibility index (Phi) is 5.38. The maximum Gasteiger partial charge on any atom is 0.0497 e. The molecule has 23 heavy (non-hydrogen) atoms. The number of fused-ring (bicyclic) bond motifs is 1. The molecule has 120 valence electrons. The van der Waals surface area contributed by atoms with Gasteiger partial charge in [0.2, 0.25) is 0 Å². The molecule has 0 bridgehead atoms. The SMILES string of the molecule is CCc1cccc2c(CCCCN)c(-c3ccc(I)cc3)[nH]c12. The third-order valence-corrected chi connectivity index (χ3v) is 5.14. The van der Waals surface area contributed by atoms with Gasteiger partial charge in [-0.3, -0.25) is 0 Å². The second-order valence-corrected chi connectivity index (χ2v) is 7.17. The highest BCUT2D eigenvalue weighted by atomic mass is 127. The summed E-state index contributed by atoms with van der Waals surface area (Å²) in [6.07, 6.45) is 4.33. The van der Waals surface area contributed by atoms with E-state index in [9.17, 15) is 0 Å². The summed E-state index contributed by atoms with van der Waals surface area (Å²) in [5, 5.41) is 1.37. The molecule has 0 radical (unpaired) electrons. The molecule has 0 aliphatic heterocycles. The van der Waals surface area contributed by atoms with Crippen LogP contribution in [0.15, 0.2) is 42.5 Å². The van der Waals surface area contributed by atoms with E-state index >= 15 is 0 Å². The van der Waals surface area contributed by atoms with Gasteiger partial charge in [0.15, 0.2) is 0 Å². The van der Waals surface area contributed by atoms with E-state index < -0.39 is 0 Å². The number of unbranched alkanes of at least 4 members (excludes halogenated alkanes) is 1. The monoisotopic (exact) mass is 418 g/mol. The Morgan fingerprint density at radius 2 is 1.83 bits per heavy atom. The molecule has 1 aromatic heterocycles. The standard InChI is InChI=1S/C20H23IN2/c1-2-14-6-5-8-18-17(7-3-4-13-22)20(23-19(14)18)15-9-11-16(21)12-10-15/h5-6,8-12,23H,2-4,7,13,22H2,1H3. The van der Waals surface area contributed by atoms with Crippen LogP contribution in [0.2, 0.25) is 0 Å². The smallest absolute Gasteiger partial charge is 0.0497 e. The van der Waals surface area contributed by atoms with Crippen molar-refractivity contribution in [3.63, 3.8) is 0 Å². The van der Waals surface area contributed by atoms with E-state index in [1.807, 2.05) is 0 Å². The van der Waals surface area contributed by atoms with Crippen molar-refractivity contribution in [1.29, 1.82) is 0 Å². The number of hydrogen-bond acceptors (Lipinski definition) is 1. The van der Waals surface area contributed by atoms with Crippen LogP contribution in [0.4, 0.5) is 0 Å². The van der Waals surface area contributed by atoms with Gasteiger partial charge in [0, 0.05) is 20.2 Å². The van der Waals surface area contributed by atoms with Gasteiger partial charge in [-0.15, -0.1) is 0 Å². The highest BCUT2D eigenvalue weighted by molar-refractivity contribution is 14.1. The average molecular weight is 418 g/mol. The van der Waals surface area contributed by atoms with E-state index in [1.165, 1.54) is 36.9 Å². The number of aromatic amines is 1. The van der Waals surface area contributed by atoms with Gasteiger partial charge in [-0.2, -0.15) is 0 Å². The second-order valence-electron chi connectivity index (χ2n) is 5.92. The van der Waals surface area contributed by atoms with Gasteiger partial charge in [-0.25, -0.2) is 0 Å². The van der Waals surface area contributed by atoms with Crippen LogP contribution in [-0.2, 0) is 12.8 Å². The van der Waals surface area contributed by atoms with Crippen molar-refractivity contribution in [1.82, 2.24) is 4.98 Å². The lowest BCUT2D eigenvalue weighted by Gasteiger charge is -2.05. The lowest BCUT2D eigenvalue weighted by atomic mass is 9.99. The quantitative estimate of drug-likeness (QED) is 0.415. The summed E-state index contributed by atoms with van der Waals surface area (Å²) in [6.45, 7) is 2.98. The van der Waals surface area contributed by atoms with Crippen molar-refractivity contribution in [3.8, 4) is 11.3 Å². The summed E-state index contributed by atoms with van der Waals surface area (Å²) in [5.74, 6) is 0. The van der Waals surface area contributed by atoms with Crippen LogP contribution >= 0.6 is 22.6 Å². The fraction of sp³-hybridized carbons (Fsp3) is 0.300. The Balaban J connectivity index is 2.14. The van der Waals surface area contributed by atoms with Crippen molar-refractivity contribution in [2.24, 2.45) is 5.73 Å². The normalized spacial score (nSPS) is 11.3. The minimum absolute atomic E-state index is 0.765. The zero-order chi connectivity index (χ0) is 16.2. The Hall–Kier alpha value is -1.33. The molecule has 0 saturated carbocycles. The molecule has 3 rings (SSSR count). The van der Waals surface area contributed by atoms with E-state index in [0.29, 0.717) is 0 Å². The molecule has 3 heteroatoms. The van der Waals surface area contributed by atoms with Crippen LogP contribution in [0.5, 0.6) is 0 Å². The third kappa shape index (κ3) is 3.45. The number of H-pyrrole nitrogens is 1. The van der Waals surface area contributed by atoms with Crippen molar-refractivity contribution in [2.75, 3.05) is 6.54 Å². The van der Waals surface area contributed by atoms with Gasteiger partial charge < -0.3 is 10.7 Å². The van der Waals surface area contributed by atoms with Crippen LogP contribution in [-0.4, -0.2) is 11.5 Å². The molecule has 1 heterocycles. The van der Waals surface area contributed by atoms with Crippen LogP contribution in [0.25, 0.3) is 22.2 Å². The summed E-state index contributed by atoms with van der Waals surface area (Å²) in [6, 6.07) is 15.4. The van der Waals surface area contributed by atoms with Crippen LogP contribution in [0, 0.1) is 3.57 Å². The third-order valence-electron chi connectivity index (χ3n) is 4.42. The highest BCUT2D eigenvalue weighted by Gasteiger charge is 2.14. The fourth-order valence-electron chi connectivity index (χ4n) is 3.20. The number of rotatable bonds is 6. The average Bonchev–Trinajstić information content (AvgIpc) is 2.94. The first kappa shape index (κ1) is 16.5. The Labute approximate surface area is 151 Å². The Morgan fingerprint density at radius 1 is 1.04 bits per heavy atom. The molecule has 2 aromatic carbocycles. The molecule has 0 amide bonds. The van der Waals surface area contributed by atoms with Gasteiger partial charge in [-0.1, -0.05) is 37.3 Å². The first-order chi connectivity index (χ1) is 11.2. The number of aromatic nitrogens is 1. The van der Waals surface area contributed by atoms with Gasteiger partial charge in [-0.05, 0) is 83.6 Å². The van der Waals surface area contributed by atoms with E-state index in [1.54, 1.807) is 0 Å². The summed E-state index contributed by atoms with van der Waals surface area (Å²) in [7, 11) is 0. The van der Waals surface area contributed by atoms with Gasteiger partial charge >= 0.3 is 0 Å². The van der Waals surface area contributed by atoms with Crippen LogP contribution in [0.1, 0.15) is 30.9 Å². The number of aryl methyl sites for hydroxylation is 2. The number of hydrogen-bond donors (Lipinski definition) is 2. The van der Waals surface area contributed by atoms with Crippen molar-refractivity contribution >= 4 is 33.5 Å². The largest absolute Gasteiger partial charge is 0.354 e. The maximum absolute atomic E-state index is 5.68. The molecule has 0 atom stereocenters. The molecule has 0 saturated heterocycles. The molecule has 3 N–H and O–H groups in total. The molecule has 0 spiro atoms. The first-order valence-corrected chi connectivity index (χ1v) is 9.41. The zero-order valence-electron chi connectivity index (χ0n) is 13.5. The lowest BCUT2D eigenvalue weighted by molar-refractivity contribution is 0.748. The van der Waals surface area contributed by atoms with E-state index in [-0.39, 0.29) is 0 Å². The van der Waals surface area contributed by atoms with Crippen molar-refractivity contribution in [2.45, 2.75) is 32.6 Å². The molecule has 2 nitrogen and oxygen atoms in total. The van der Waals surface area contributed by atoms with Gasteiger partial charge in [0.05, 0.1) is 0 Å². The second kappa shape index (κ2) is 7.49. The minimum atomic E-state index is 0.765. The van der Waals surface area contributed by atoms with Crippen LogP contribution in [0.3, 0.4) is 0 Å². The maximum atomic E-state index is 5.68. The topological polar surface area (TPSA) is 41.8 Å². The first-order valence-electron chi connectivity index (χ1n) is 8.33. The minimum Gasteiger partial charge on any atom is -0.354 e. The lowest BCUT2D eigenvalue weighted by Crippen LogP contribution is -1.99. The highest BCUT2D eigenvalue weighted by Crippen LogP contribution is 2.33. The summed E-state index contributed by atoms with van der Waals surface area (Å²) in [5.41, 5.74) is 12.3. The predicted molar refractivity (Wildman–Crippen MR) is 108 cm³/mol. The van der Waals surface area contributed by atoms with Gasteiger partial charge in [0.25, 0.3) is 0 Å².